The molecule has 0 aliphatic heterocycles. The quantitative estimate of drug-likeness (QED) is 0.458. The molecule has 0 heterocycles. The van der Waals surface area contributed by atoms with Gasteiger partial charge in [-0.2, -0.15) is 0 Å². The van der Waals surface area contributed by atoms with Crippen LogP contribution in [-0.2, 0) is 4.79 Å². The summed E-state index contributed by atoms with van der Waals surface area (Å²) in [5.41, 5.74) is 1.13. The van der Waals surface area contributed by atoms with E-state index in [1.165, 1.54) is 13.8 Å². The Morgan fingerprint density at radius 1 is 1.11 bits per heavy atom. The lowest BCUT2D eigenvalue weighted by atomic mass is 10.5. The molecule has 9 heavy (non-hydrogen) atoms. The van der Waals surface area contributed by atoms with Gasteiger partial charge < -0.3 is 4.79 Å². The molecule has 0 N–H and O–H groups in total. The van der Waals surface area contributed by atoms with Crippen LogP contribution in [0.5, 0.6) is 0 Å². The molecule has 0 unspecified atom stereocenters. The zero-order valence-electron chi connectivity index (χ0n) is 6.86. The highest BCUT2D eigenvalue weighted by Gasteiger charge is 1.62. The minimum atomic E-state index is 0.167. The fraction of sp³-hybridized carbons (Fsp3) is 0.714. The summed E-state index contributed by atoms with van der Waals surface area (Å²) in [7, 11) is 1.79. The van der Waals surface area contributed by atoms with Crippen LogP contribution in [0.4, 0.5) is 0 Å². The monoisotopic (exact) mass is 129 g/mol. The van der Waals surface area contributed by atoms with Gasteiger partial charge in [-0.3, -0.25) is 4.99 Å². The molecule has 54 valence electrons. The van der Waals surface area contributed by atoms with E-state index in [4.69, 9.17) is 0 Å². The van der Waals surface area contributed by atoms with E-state index in [0.717, 1.165) is 5.71 Å². The molecule has 0 saturated carbocycles. The Morgan fingerprint density at radius 3 is 1.22 bits per heavy atom. The van der Waals surface area contributed by atoms with Gasteiger partial charge in [-0.25, -0.2) is 0 Å². The van der Waals surface area contributed by atoms with Gasteiger partial charge in [-0.05, 0) is 27.7 Å². The van der Waals surface area contributed by atoms with Crippen LogP contribution in [0.15, 0.2) is 4.99 Å². The number of ketones is 1. The lowest BCUT2D eigenvalue weighted by Gasteiger charge is -1.74. The van der Waals surface area contributed by atoms with Crippen molar-refractivity contribution in [1.82, 2.24) is 0 Å². The fourth-order valence-electron chi connectivity index (χ4n) is 0. The van der Waals surface area contributed by atoms with Crippen LogP contribution >= 0.6 is 0 Å². The Kier molecular flexibility index (Phi) is 9.12. The summed E-state index contributed by atoms with van der Waals surface area (Å²) in [4.78, 5) is 13.2. The Hall–Kier alpha value is -0.660. The Morgan fingerprint density at radius 2 is 1.22 bits per heavy atom. The van der Waals surface area contributed by atoms with Crippen LogP contribution in [0.25, 0.3) is 0 Å². The number of carbonyl (C=O) groups excluding carboxylic acids is 1. The highest BCUT2D eigenvalue weighted by Crippen LogP contribution is 1.63. The number of hydrogen-bond acceptors (Lipinski definition) is 2. The van der Waals surface area contributed by atoms with Crippen molar-refractivity contribution in [3.63, 3.8) is 0 Å². The van der Waals surface area contributed by atoms with Gasteiger partial charge in [0.15, 0.2) is 0 Å². The van der Waals surface area contributed by atoms with Crippen molar-refractivity contribution < 1.29 is 4.79 Å². The molecule has 0 rings (SSSR count). The number of nitrogens with zero attached hydrogens (tertiary/aromatic N) is 1. The SMILES string of the molecule is CC(C)=O.CN=C(C)C. The number of hydrogen-bond donors (Lipinski definition) is 0. The van der Waals surface area contributed by atoms with Gasteiger partial charge in [0.2, 0.25) is 0 Å². The molecule has 0 atom stereocenters. The van der Waals surface area contributed by atoms with Crippen LogP contribution in [0.1, 0.15) is 27.7 Å². The van der Waals surface area contributed by atoms with Crippen molar-refractivity contribution in [1.29, 1.82) is 0 Å². The summed E-state index contributed by atoms with van der Waals surface area (Å²) in [5.74, 6) is 0.167. The molecule has 0 saturated heterocycles. The molecule has 0 radical (unpaired) electrons. The number of rotatable bonds is 0. The largest absolute Gasteiger partial charge is 0.300 e. The van der Waals surface area contributed by atoms with E-state index in [2.05, 4.69) is 4.99 Å². The van der Waals surface area contributed by atoms with Crippen LogP contribution in [-0.4, -0.2) is 18.5 Å². The van der Waals surface area contributed by atoms with Gasteiger partial charge >= 0.3 is 0 Å². The van der Waals surface area contributed by atoms with Crippen molar-refractivity contribution >= 4 is 11.5 Å². The van der Waals surface area contributed by atoms with E-state index < -0.39 is 0 Å². The van der Waals surface area contributed by atoms with E-state index in [-0.39, 0.29) is 5.78 Å². The predicted molar refractivity (Wildman–Crippen MR) is 41.1 cm³/mol. The predicted octanol–water partition coefficient (Wildman–Crippen LogP) is 1.69. The van der Waals surface area contributed by atoms with Crippen LogP contribution in [0.2, 0.25) is 0 Å². The van der Waals surface area contributed by atoms with Crippen LogP contribution in [0, 0.1) is 0 Å². The first-order valence-corrected chi connectivity index (χ1v) is 2.87. The van der Waals surface area contributed by atoms with Gasteiger partial charge in [-0.15, -0.1) is 0 Å². The third kappa shape index (κ3) is 117. The Bertz CT molecular complexity index is 97.5. The molecule has 0 aromatic rings. The molecule has 2 nitrogen and oxygen atoms in total. The Labute approximate surface area is 57.0 Å². The standard InChI is InChI=1S/C4H9N.C3H6O/c1-4(2)5-3;1-3(2)4/h1-3H3;1-2H3. The minimum absolute atomic E-state index is 0.167. The molecular formula is C7H15NO. The van der Waals surface area contributed by atoms with Gasteiger partial charge in [0.25, 0.3) is 0 Å². The summed E-state index contributed by atoms with van der Waals surface area (Å²) in [6, 6.07) is 0. The van der Waals surface area contributed by atoms with E-state index >= 15 is 0 Å². The van der Waals surface area contributed by atoms with E-state index in [0.29, 0.717) is 0 Å². The molecule has 0 amide bonds. The van der Waals surface area contributed by atoms with E-state index in [1.807, 2.05) is 13.8 Å². The molecule has 0 aromatic heterocycles. The maximum absolute atomic E-state index is 9.44. The lowest BCUT2D eigenvalue weighted by Crippen LogP contribution is -1.74. The highest BCUT2D eigenvalue weighted by atomic mass is 16.1. The zero-order chi connectivity index (χ0) is 7.86. The average Bonchev–Trinajstić information content (AvgIpc) is 1.65. The second kappa shape index (κ2) is 7.34. The molecule has 0 aromatic carbocycles. The highest BCUT2D eigenvalue weighted by molar-refractivity contribution is 5.78. The van der Waals surface area contributed by atoms with E-state index in [1.54, 1.807) is 7.05 Å². The summed E-state index contributed by atoms with van der Waals surface area (Å²) in [6.45, 7) is 7.00. The van der Waals surface area contributed by atoms with Crippen molar-refractivity contribution in [3.05, 3.63) is 0 Å². The third-order valence-corrected chi connectivity index (χ3v) is 0.447. The van der Waals surface area contributed by atoms with Crippen molar-refractivity contribution in [3.8, 4) is 0 Å². The maximum atomic E-state index is 9.44. The van der Waals surface area contributed by atoms with Gasteiger partial charge in [0, 0.05) is 12.8 Å². The molecule has 0 spiro atoms. The normalized spacial score (nSPS) is 6.78. The van der Waals surface area contributed by atoms with Gasteiger partial charge in [-0.1, -0.05) is 0 Å². The number of aliphatic imine (C=N–C) groups is 1. The fourth-order valence-corrected chi connectivity index (χ4v) is 0. The first kappa shape index (κ1) is 11.2. The number of carbonyl (C=O) groups is 1. The van der Waals surface area contributed by atoms with Crippen LogP contribution < -0.4 is 0 Å². The Balaban J connectivity index is 0. The topological polar surface area (TPSA) is 29.4 Å². The maximum Gasteiger partial charge on any atom is 0.126 e. The van der Waals surface area contributed by atoms with Crippen LogP contribution in [0.3, 0.4) is 0 Å². The lowest BCUT2D eigenvalue weighted by molar-refractivity contribution is -0.114. The molecular weight excluding hydrogens is 114 g/mol. The average molecular weight is 129 g/mol. The second-order valence-corrected chi connectivity index (χ2v) is 2.08. The molecule has 2 heteroatoms. The number of Topliss-reactive ketones (excluding diaryl/α,β-unsaturated/α-hetero) is 1. The minimum Gasteiger partial charge on any atom is -0.300 e. The van der Waals surface area contributed by atoms with Crippen molar-refractivity contribution in [2.45, 2.75) is 27.7 Å². The van der Waals surface area contributed by atoms with Gasteiger partial charge in [0.1, 0.15) is 5.78 Å². The summed E-state index contributed by atoms with van der Waals surface area (Å²) in [5, 5.41) is 0. The summed E-state index contributed by atoms with van der Waals surface area (Å²) >= 11 is 0. The smallest absolute Gasteiger partial charge is 0.126 e. The molecule has 0 bridgehead atoms. The van der Waals surface area contributed by atoms with E-state index in [9.17, 15) is 4.79 Å². The summed E-state index contributed by atoms with van der Waals surface area (Å²) < 4.78 is 0. The first-order chi connectivity index (χ1) is 4.00. The molecule has 0 fully saturated rings. The molecule has 0 aliphatic rings. The summed E-state index contributed by atoms with van der Waals surface area (Å²) in [6.07, 6.45) is 0. The first-order valence-electron chi connectivity index (χ1n) is 2.87. The van der Waals surface area contributed by atoms with Crippen molar-refractivity contribution in [2.24, 2.45) is 4.99 Å². The molecule has 0 aliphatic carbocycles. The second-order valence-electron chi connectivity index (χ2n) is 2.08. The zero-order valence-corrected chi connectivity index (χ0v) is 6.86. The van der Waals surface area contributed by atoms with Gasteiger partial charge in [0.05, 0.1) is 0 Å². The van der Waals surface area contributed by atoms with Crippen molar-refractivity contribution in [2.75, 3.05) is 7.05 Å². The third-order valence-electron chi connectivity index (χ3n) is 0.447.